The fraction of sp³-hybridized carbons (Fsp3) is 0.385. The molecule has 2 N–H and O–H groups in total. The minimum atomic E-state index is -0.0103. The molecule has 2 rings (SSSR count). The summed E-state index contributed by atoms with van der Waals surface area (Å²) in [6.45, 7) is 1.58. The third-order valence-electron chi connectivity index (χ3n) is 2.65. The van der Waals surface area contributed by atoms with Crippen molar-refractivity contribution in [2.75, 3.05) is 32.1 Å². The van der Waals surface area contributed by atoms with Crippen molar-refractivity contribution in [2.24, 2.45) is 0 Å². The largest absolute Gasteiger partial charge is 0.464 e. The van der Waals surface area contributed by atoms with Crippen LogP contribution in [0.25, 0.3) is 11.0 Å². The summed E-state index contributed by atoms with van der Waals surface area (Å²) in [6, 6.07) is 3.65. The molecule has 0 aromatic carbocycles. The van der Waals surface area contributed by atoms with Crippen LogP contribution >= 0.6 is 0 Å². The van der Waals surface area contributed by atoms with Crippen molar-refractivity contribution in [1.82, 2.24) is 10.3 Å². The molecule has 0 bridgehead atoms. The molecule has 2 aromatic heterocycles. The molecule has 6 heteroatoms. The number of carbonyl (C=O) groups is 1. The number of aromatic nitrogens is 1. The molecule has 0 fully saturated rings. The van der Waals surface area contributed by atoms with Crippen LogP contribution in [0.15, 0.2) is 29.0 Å². The minimum Gasteiger partial charge on any atom is -0.464 e. The minimum absolute atomic E-state index is 0.0103. The molecule has 0 aliphatic carbocycles. The van der Waals surface area contributed by atoms with Crippen molar-refractivity contribution in [3.05, 3.63) is 24.6 Å². The number of anilines is 1. The van der Waals surface area contributed by atoms with Gasteiger partial charge in [0.25, 0.3) is 0 Å². The summed E-state index contributed by atoms with van der Waals surface area (Å²) < 4.78 is 10.1. The predicted molar refractivity (Wildman–Crippen MR) is 72.0 cm³/mol. The molecular weight excluding hydrogens is 246 g/mol. The highest BCUT2D eigenvalue weighted by Gasteiger charge is 2.05. The van der Waals surface area contributed by atoms with Crippen LogP contribution in [0.4, 0.5) is 5.82 Å². The monoisotopic (exact) mass is 263 g/mol. The third kappa shape index (κ3) is 3.69. The molecule has 0 spiro atoms. The highest BCUT2D eigenvalue weighted by atomic mass is 16.5. The summed E-state index contributed by atoms with van der Waals surface area (Å²) in [6.07, 6.45) is 3.68. The Morgan fingerprint density at radius 3 is 3.16 bits per heavy atom. The van der Waals surface area contributed by atoms with Gasteiger partial charge in [-0.05, 0) is 12.1 Å². The second-order valence-electron chi connectivity index (χ2n) is 4.01. The maximum Gasteiger partial charge on any atom is 0.221 e. The Morgan fingerprint density at radius 2 is 2.32 bits per heavy atom. The van der Waals surface area contributed by atoms with E-state index in [0.29, 0.717) is 26.1 Å². The average Bonchev–Trinajstić information content (AvgIpc) is 2.88. The number of amides is 1. The van der Waals surface area contributed by atoms with Crippen molar-refractivity contribution < 1.29 is 13.9 Å². The summed E-state index contributed by atoms with van der Waals surface area (Å²) in [5, 5.41) is 6.81. The van der Waals surface area contributed by atoms with Crippen LogP contribution in [0.3, 0.4) is 0 Å². The second-order valence-corrected chi connectivity index (χ2v) is 4.01. The Kier molecular flexibility index (Phi) is 4.74. The second kappa shape index (κ2) is 6.75. The average molecular weight is 263 g/mol. The first-order valence-corrected chi connectivity index (χ1v) is 6.13. The molecule has 2 heterocycles. The first kappa shape index (κ1) is 13.4. The Bertz CT molecular complexity index is 539. The molecule has 0 unspecified atom stereocenters. The van der Waals surface area contributed by atoms with Gasteiger partial charge < -0.3 is 19.8 Å². The topological polar surface area (TPSA) is 76.4 Å². The highest BCUT2D eigenvalue weighted by molar-refractivity contribution is 5.88. The van der Waals surface area contributed by atoms with Crippen molar-refractivity contribution in [2.45, 2.75) is 6.42 Å². The number of hydrogen-bond acceptors (Lipinski definition) is 5. The Morgan fingerprint density at radius 1 is 1.42 bits per heavy atom. The normalized spacial score (nSPS) is 10.6. The van der Waals surface area contributed by atoms with Gasteiger partial charge in [-0.3, -0.25) is 4.79 Å². The molecule has 0 aliphatic heterocycles. The van der Waals surface area contributed by atoms with Crippen LogP contribution in [0.2, 0.25) is 0 Å². The van der Waals surface area contributed by atoms with E-state index in [0.717, 1.165) is 16.8 Å². The molecule has 102 valence electrons. The zero-order valence-electron chi connectivity index (χ0n) is 10.8. The number of nitrogens with one attached hydrogen (secondary N) is 2. The number of pyridine rings is 1. The molecule has 0 saturated heterocycles. The van der Waals surface area contributed by atoms with E-state index in [1.54, 1.807) is 25.6 Å². The zero-order chi connectivity index (χ0) is 13.5. The van der Waals surface area contributed by atoms with Gasteiger partial charge in [0.2, 0.25) is 5.91 Å². The van der Waals surface area contributed by atoms with Gasteiger partial charge in [-0.2, -0.15) is 0 Å². The summed E-state index contributed by atoms with van der Waals surface area (Å²) in [7, 11) is 1.60. The lowest BCUT2D eigenvalue weighted by Crippen LogP contribution is -2.28. The molecule has 2 aromatic rings. The van der Waals surface area contributed by atoms with Gasteiger partial charge in [0.05, 0.1) is 18.3 Å². The van der Waals surface area contributed by atoms with Gasteiger partial charge in [-0.25, -0.2) is 4.98 Å². The molecule has 0 aliphatic rings. The van der Waals surface area contributed by atoms with Crippen molar-refractivity contribution in [1.29, 1.82) is 0 Å². The van der Waals surface area contributed by atoms with Gasteiger partial charge in [-0.15, -0.1) is 0 Å². The number of furan rings is 1. The smallest absolute Gasteiger partial charge is 0.221 e. The van der Waals surface area contributed by atoms with Gasteiger partial charge >= 0.3 is 0 Å². The van der Waals surface area contributed by atoms with Gasteiger partial charge in [0.1, 0.15) is 11.4 Å². The fourth-order valence-electron chi connectivity index (χ4n) is 1.71. The maximum absolute atomic E-state index is 11.5. The fourth-order valence-corrected chi connectivity index (χ4v) is 1.71. The van der Waals surface area contributed by atoms with Gasteiger partial charge in [0.15, 0.2) is 0 Å². The molecule has 0 saturated carbocycles. The summed E-state index contributed by atoms with van der Waals surface area (Å²) >= 11 is 0. The first-order chi connectivity index (χ1) is 9.31. The van der Waals surface area contributed by atoms with Crippen molar-refractivity contribution >= 4 is 22.7 Å². The lowest BCUT2D eigenvalue weighted by atomic mass is 10.3. The molecule has 0 atom stereocenters. The van der Waals surface area contributed by atoms with E-state index in [1.807, 2.05) is 6.07 Å². The lowest BCUT2D eigenvalue weighted by molar-refractivity contribution is -0.121. The van der Waals surface area contributed by atoms with E-state index < -0.39 is 0 Å². The Balaban J connectivity index is 1.79. The van der Waals surface area contributed by atoms with Crippen LogP contribution in [0.5, 0.6) is 0 Å². The number of methoxy groups -OCH3 is 1. The highest BCUT2D eigenvalue weighted by Crippen LogP contribution is 2.21. The van der Waals surface area contributed by atoms with E-state index >= 15 is 0 Å². The molecule has 0 radical (unpaired) electrons. The van der Waals surface area contributed by atoms with Crippen LogP contribution in [-0.4, -0.2) is 37.7 Å². The lowest BCUT2D eigenvalue weighted by Gasteiger charge is -2.07. The summed E-state index contributed by atoms with van der Waals surface area (Å²) in [5.74, 6) is 0.722. The number of hydrogen-bond donors (Lipinski definition) is 2. The molecular formula is C13H17N3O3. The number of nitrogens with zero attached hydrogens (tertiary/aromatic N) is 1. The Labute approximate surface area is 111 Å². The molecule has 19 heavy (non-hydrogen) atoms. The SMILES string of the molecule is COCCNC(=O)CCNc1nccc2occc12. The predicted octanol–water partition coefficient (Wildman–Crippen LogP) is 1.39. The number of fused-ring (bicyclic) bond motifs is 1. The molecule has 1 amide bonds. The van der Waals surface area contributed by atoms with Gasteiger partial charge in [0, 0.05) is 32.8 Å². The summed E-state index contributed by atoms with van der Waals surface area (Å²) in [5.41, 5.74) is 0.780. The summed E-state index contributed by atoms with van der Waals surface area (Å²) in [4.78, 5) is 15.7. The van der Waals surface area contributed by atoms with E-state index in [4.69, 9.17) is 9.15 Å². The van der Waals surface area contributed by atoms with E-state index in [2.05, 4.69) is 15.6 Å². The Hall–Kier alpha value is -2.08. The third-order valence-corrected chi connectivity index (χ3v) is 2.65. The van der Waals surface area contributed by atoms with Crippen molar-refractivity contribution in [3.8, 4) is 0 Å². The van der Waals surface area contributed by atoms with E-state index in [9.17, 15) is 4.79 Å². The number of ether oxygens (including phenoxy) is 1. The van der Waals surface area contributed by atoms with Crippen LogP contribution in [0, 0.1) is 0 Å². The zero-order valence-corrected chi connectivity index (χ0v) is 10.8. The van der Waals surface area contributed by atoms with Gasteiger partial charge in [-0.1, -0.05) is 0 Å². The van der Waals surface area contributed by atoms with Crippen LogP contribution < -0.4 is 10.6 Å². The quantitative estimate of drug-likeness (QED) is 0.738. The molecule has 6 nitrogen and oxygen atoms in total. The number of rotatable bonds is 7. The van der Waals surface area contributed by atoms with Crippen LogP contribution in [0.1, 0.15) is 6.42 Å². The maximum atomic E-state index is 11.5. The number of carbonyl (C=O) groups excluding carboxylic acids is 1. The van der Waals surface area contributed by atoms with Crippen molar-refractivity contribution in [3.63, 3.8) is 0 Å². The first-order valence-electron chi connectivity index (χ1n) is 6.13. The van der Waals surface area contributed by atoms with E-state index in [1.165, 1.54) is 0 Å². The van der Waals surface area contributed by atoms with Crippen LogP contribution in [-0.2, 0) is 9.53 Å². The standard InChI is InChI=1S/C13H17N3O3/c1-18-9-7-14-12(17)3-6-16-13-10-4-8-19-11(10)2-5-15-13/h2,4-5,8H,3,6-7,9H2,1H3,(H,14,17)(H,15,16). The van der Waals surface area contributed by atoms with E-state index in [-0.39, 0.29) is 5.91 Å².